The summed E-state index contributed by atoms with van der Waals surface area (Å²) in [4.78, 5) is 18.5. The van der Waals surface area contributed by atoms with Crippen LogP contribution in [0.1, 0.15) is 24.0 Å². The van der Waals surface area contributed by atoms with E-state index in [-0.39, 0.29) is 6.10 Å². The molecule has 2 aromatic heterocycles. The van der Waals surface area contributed by atoms with Gasteiger partial charge in [0.2, 0.25) is 5.91 Å². The van der Waals surface area contributed by atoms with E-state index in [2.05, 4.69) is 16.0 Å². The monoisotopic (exact) mass is 388 g/mol. The molecule has 3 N–H and O–H groups in total. The van der Waals surface area contributed by atoms with Crippen LogP contribution in [0.2, 0.25) is 0 Å². The Bertz CT molecular complexity index is 1120. The number of nitrogens with zero attached hydrogens (tertiary/aromatic N) is 2. The molecule has 7 nitrogen and oxygen atoms in total. The van der Waals surface area contributed by atoms with Crippen LogP contribution in [0.4, 0.5) is 0 Å². The van der Waals surface area contributed by atoms with Crippen LogP contribution in [-0.2, 0) is 9.53 Å². The Labute approximate surface area is 167 Å². The van der Waals surface area contributed by atoms with Crippen molar-refractivity contribution in [1.82, 2.24) is 9.97 Å². The van der Waals surface area contributed by atoms with E-state index in [9.17, 15) is 10.1 Å². The number of hydrogen-bond acceptors (Lipinski definition) is 5. The summed E-state index contributed by atoms with van der Waals surface area (Å²) < 4.78 is 11.4. The van der Waals surface area contributed by atoms with Crippen molar-refractivity contribution < 1.29 is 14.3 Å². The highest BCUT2D eigenvalue weighted by molar-refractivity contribution is 5.96. The predicted molar refractivity (Wildman–Crippen MR) is 109 cm³/mol. The lowest BCUT2D eigenvalue weighted by molar-refractivity contribution is -0.113. The fourth-order valence-electron chi connectivity index (χ4n) is 3.39. The van der Waals surface area contributed by atoms with Gasteiger partial charge >= 0.3 is 0 Å². The lowest BCUT2D eigenvalue weighted by atomic mass is 10.0. The standard InChI is InChI=1S/C22H20N4O3/c23-11-16-10-15(2-3-20(16)29-17-5-7-28-8-6-17)19-13-26-22-18(19)9-14(12-25-22)1-4-21(24)27/h1-4,9-10,12-13,17H,5-8H2,(H2,24,27)(H,25,26)/b4-1+. The van der Waals surface area contributed by atoms with Gasteiger partial charge in [-0.15, -0.1) is 0 Å². The van der Waals surface area contributed by atoms with Gasteiger partial charge < -0.3 is 20.2 Å². The van der Waals surface area contributed by atoms with Crippen molar-refractivity contribution >= 4 is 23.0 Å². The van der Waals surface area contributed by atoms with Crippen LogP contribution in [0, 0.1) is 11.3 Å². The zero-order chi connectivity index (χ0) is 20.2. The third-order valence-corrected chi connectivity index (χ3v) is 4.87. The molecule has 0 unspecified atom stereocenters. The number of pyridine rings is 1. The highest BCUT2D eigenvalue weighted by Crippen LogP contribution is 2.32. The quantitative estimate of drug-likeness (QED) is 0.652. The molecule has 4 rings (SSSR count). The van der Waals surface area contributed by atoms with Crippen LogP contribution in [0.3, 0.4) is 0 Å². The zero-order valence-electron chi connectivity index (χ0n) is 15.7. The first-order valence-corrected chi connectivity index (χ1v) is 9.37. The maximum absolute atomic E-state index is 11.0. The van der Waals surface area contributed by atoms with E-state index in [0.717, 1.165) is 40.6 Å². The van der Waals surface area contributed by atoms with Gasteiger partial charge in [0, 0.05) is 42.3 Å². The van der Waals surface area contributed by atoms with Gasteiger partial charge in [0.1, 0.15) is 23.6 Å². The second-order valence-corrected chi connectivity index (χ2v) is 6.86. The number of rotatable bonds is 5. The van der Waals surface area contributed by atoms with E-state index in [1.807, 2.05) is 30.5 Å². The minimum absolute atomic E-state index is 0.0681. The molecule has 0 atom stereocenters. The van der Waals surface area contributed by atoms with Gasteiger partial charge in [-0.3, -0.25) is 4.79 Å². The number of H-pyrrole nitrogens is 1. The van der Waals surface area contributed by atoms with E-state index < -0.39 is 5.91 Å². The summed E-state index contributed by atoms with van der Waals surface area (Å²) in [5.41, 5.74) is 8.93. The third kappa shape index (κ3) is 4.13. The molecule has 1 aromatic carbocycles. The molecule has 0 aliphatic carbocycles. The first-order valence-electron chi connectivity index (χ1n) is 9.37. The maximum atomic E-state index is 11.0. The largest absolute Gasteiger partial charge is 0.489 e. The minimum atomic E-state index is -0.516. The molecule has 3 aromatic rings. The summed E-state index contributed by atoms with van der Waals surface area (Å²) in [5.74, 6) is 0.0735. The normalized spacial score (nSPS) is 14.9. The molecule has 3 heterocycles. The maximum Gasteiger partial charge on any atom is 0.241 e. The first-order chi connectivity index (χ1) is 14.1. The number of ether oxygens (including phenoxy) is 2. The molecule has 0 radical (unpaired) electrons. The third-order valence-electron chi connectivity index (χ3n) is 4.87. The predicted octanol–water partition coefficient (Wildman–Crippen LogP) is 3.16. The Hall–Kier alpha value is -3.63. The van der Waals surface area contributed by atoms with Crippen LogP contribution in [0.15, 0.2) is 42.7 Å². The number of hydrogen-bond donors (Lipinski definition) is 2. The summed E-state index contributed by atoms with van der Waals surface area (Å²) in [5, 5.41) is 10.5. The summed E-state index contributed by atoms with van der Waals surface area (Å²) >= 11 is 0. The molecule has 1 aliphatic heterocycles. The van der Waals surface area contributed by atoms with Crippen molar-refractivity contribution in [2.24, 2.45) is 5.73 Å². The highest BCUT2D eigenvalue weighted by atomic mass is 16.5. The Kier molecular flexibility index (Phi) is 5.27. The van der Waals surface area contributed by atoms with Gasteiger partial charge in [0.05, 0.1) is 18.8 Å². The van der Waals surface area contributed by atoms with Crippen LogP contribution in [-0.4, -0.2) is 35.2 Å². The Morgan fingerprint density at radius 3 is 2.93 bits per heavy atom. The van der Waals surface area contributed by atoms with Gasteiger partial charge in [-0.05, 0) is 35.4 Å². The Morgan fingerprint density at radius 2 is 2.17 bits per heavy atom. The number of carbonyl (C=O) groups is 1. The van der Waals surface area contributed by atoms with E-state index in [0.29, 0.717) is 24.5 Å². The van der Waals surface area contributed by atoms with Crippen molar-refractivity contribution in [2.45, 2.75) is 18.9 Å². The van der Waals surface area contributed by atoms with Crippen molar-refractivity contribution in [3.05, 3.63) is 53.9 Å². The van der Waals surface area contributed by atoms with Crippen LogP contribution >= 0.6 is 0 Å². The average molecular weight is 388 g/mol. The van der Waals surface area contributed by atoms with Crippen molar-refractivity contribution in [3.8, 4) is 22.9 Å². The molecular weight excluding hydrogens is 368 g/mol. The fourth-order valence-corrected chi connectivity index (χ4v) is 3.39. The number of nitriles is 1. The second kappa shape index (κ2) is 8.17. The van der Waals surface area contributed by atoms with Gasteiger partial charge in [-0.25, -0.2) is 4.98 Å². The number of benzene rings is 1. The molecule has 0 saturated carbocycles. The van der Waals surface area contributed by atoms with Gasteiger partial charge in [-0.2, -0.15) is 5.26 Å². The van der Waals surface area contributed by atoms with Gasteiger partial charge in [-0.1, -0.05) is 6.07 Å². The number of carbonyl (C=O) groups excluding carboxylic acids is 1. The lowest BCUT2D eigenvalue weighted by Crippen LogP contribution is -2.26. The number of nitrogens with one attached hydrogen (secondary N) is 1. The first kappa shape index (κ1) is 18.7. The molecule has 1 saturated heterocycles. The van der Waals surface area contributed by atoms with Crippen molar-refractivity contribution in [3.63, 3.8) is 0 Å². The summed E-state index contributed by atoms with van der Waals surface area (Å²) in [7, 11) is 0. The minimum Gasteiger partial charge on any atom is -0.489 e. The van der Waals surface area contributed by atoms with Gasteiger partial charge in [0.15, 0.2) is 0 Å². The molecule has 29 heavy (non-hydrogen) atoms. The molecule has 1 fully saturated rings. The van der Waals surface area contributed by atoms with E-state index >= 15 is 0 Å². The molecule has 0 spiro atoms. The topological polar surface area (TPSA) is 114 Å². The van der Waals surface area contributed by atoms with Gasteiger partial charge in [0.25, 0.3) is 0 Å². The molecule has 7 heteroatoms. The molecule has 146 valence electrons. The highest BCUT2D eigenvalue weighted by Gasteiger charge is 2.18. The number of nitrogens with two attached hydrogens (primary N) is 1. The summed E-state index contributed by atoms with van der Waals surface area (Å²) in [6.07, 6.45) is 8.15. The van der Waals surface area contributed by atoms with Crippen LogP contribution in [0.25, 0.3) is 28.2 Å². The van der Waals surface area contributed by atoms with E-state index in [1.54, 1.807) is 12.3 Å². The molecular formula is C22H20N4O3. The van der Waals surface area contributed by atoms with E-state index in [1.165, 1.54) is 6.08 Å². The number of fused-ring (bicyclic) bond motifs is 1. The molecule has 1 amide bonds. The fraction of sp³-hybridized carbons (Fsp3) is 0.227. The number of aromatic amines is 1. The lowest BCUT2D eigenvalue weighted by Gasteiger charge is -2.23. The van der Waals surface area contributed by atoms with Crippen LogP contribution < -0.4 is 10.5 Å². The Balaban J connectivity index is 1.67. The van der Waals surface area contributed by atoms with Crippen molar-refractivity contribution in [2.75, 3.05) is 13.2 Å². The SMILES string of the molecule is N#Cc1cc(-c2c[nH]c3ncc(/C=C/C(N)=O)cc23)ccc1OC1CCOCC1. The summed E-state index contributed by atoms with van der Waals surface area (Å²) in [6.45, 7) is 1.36. The second-order valence-electron chi connectivity index (χ2n) is 6.86. The number of amides is 1. The molecule has 1 aliphatic rings. The molecule has 0 bridgehead atoms. The summed E-state index contributed by atoms with van der Waals surface area (Å²) in [6, 6.07) is 9.75. The number of primary amides is 1. The van der Waals surface area contributed by atoms with Crippen molar-refractivity contribution in [1.29, 1.82) is 5.26 Å². The van der Waals surface area contributed by atoms with Crippen LogP contribution in [0.5, 0.6) is 5.75 Å². The smallest absolute Gasteiger partial charge is 0.241 e. The zero-order valence-corrected chi connectivity index (χ0v) is 15.7. The number of aromatic nitrogens is 2. The Morgan fingerprint density at radius 1 is 1.34 bits per heavy atom. The average Bonchev–Trinajstić information content (AvgIpc) is 3.16. The van der Waals surface area contributed by atoms with E-state index in [4.69, 9.17) is 15.2 Å².